The lowest BCUT2D eigenvalue weighted by Crippen LogP contribution is -2.33. The zero-order chi connectivity index (χ0) is 23.0. The Morgan fingerprint density at radius 2 is 1.55 bits per heavy atom. The molecular weight excluding hydrogens is 426 g/mol. The summed E-state index contributed by atoms with van der Waals surface area (Å²) in [5.41, 5.74) is 0.413. The fraction of sp³-hybridized carbons (Fsp3) is 0.667. The van der Waals surface area contributed by atoms with E-state index in [1.165, 1.54) is 0 Å². The van der Waals surface area contributed by atoms with E-state index in [0.717, 1.165) is 6.92 Å². The number of ether oxygens (including phenoxy) is 1. The first-order valence-corrected chi connectivity index (χ1v) is 10.3. The van der Waals surface area contributed by atoms with E-state index in [0.29, 0.717) is 52.0 Å². The Balaban J connectivity index is 2.37. The van der Waals surface area contributed by atoms with Gasteiger partial charge in [-0.25, -0.2) is 0 Å². The number of rotatable bonds is 4. The SMILES string of the molecule is Cc1c(C(F)(F)F)c(C(N)=O)c(CC2CCOCC2)c(C2CCNCC2)c1C(F)(F)F. The lowest BCUT2D eigenvalue weighted by atomic mass is 9.75. The first-order chi connectivity index (χ1) is 14.4. The molecule has 0 aromatic heterocycles. The van der Waals surface area contributed by atoms with E-state index in [2.05, 4.69) is 5.32 Å². The molecule has 0 radical (unpaired) electrons. The van der Waals surface area contributed by atoms with Gasteiger partial charge in [0.15, 0.2) is 0 Å². The number of hydrogen-bond acceptors (Lipinski definition) is 3. The van der Waals surface area contributed by atoms with Crippen LogP contribution in [0.4, 0.5) is 26.3 Å². The van der Waals surface area contributed by atoms with Gasteiger partial charge in [-0.15, -0.1) is 0 Å². The zero-order valence-corrected chi connectivity index (χ0v) is 17.2. The molecule has 2 saturated heterocycles. The number of hydrogen-bond donors (Lipinski definition) is 2. The van der Waals surface area contributed by atoms with Crippen molar-refractivity contribution in [1.82, 2.24) is 5.32 Å². The minimum Gasteiger partial charge on any atom is -0.381 e. The molecule has 3 N–H and O–H groups in total. The fourth-order valence-electron chi connectivity index (χ4n) is 4.95. The van der Waals surface area contributed by atoms with Gasteiger partial charge in [-0.2, -0.15) is 26.3 Å². The summed E-state index contributed by atoms with van der Waals surface area (Å²) in [4.78, 5) is 12.3. The molecule has 4 nitrogen and oxygen atoms in total. The molecule has 3 rings (SSSR count). The minimum absolute atomic E-state index is 0.0622. The van der Waals surface area contributed by atoms with Crippen molar-refractivity contribution in [1.29, 1.82) is 0 Å². The third-order valence-electron chi connectivity index (χ3n) is 6.29. The van der Waals surface area contributed by atoms with Crippen LogP contribution >= 0.6 is 0 Å². The van der Waals surface area contributed by atoms with Crippen LogP contribution in [0.3, 0.4) is 0 Å². The molecule has 2 heterocycles. The highest BCUT2D eigenvalue weighted by Gasteiger charge is 2.47. The van der Waals surface area contributed by atoms with Gasteiger partial charge in [0.25, 0.3) is 0 Å². The Morgan fingerprint density at radius 3 is 2.03 bits per heavy atom. The summed E-state index contributed by atoms with van der Waals surface area (Å²) < 4.78 is 89.8. The van der Waals surface area contributed by atoms with Crippen molar-refractivity contribution in [3.8, 4) is 0 Å². The van der Waals surface area contributed by atoms with Crippen LogP contribution < -0.4 is 11.1 Å². The van der Waals surface area contributed by atoms with E-state index in [-0.39, 0.29) is 23.5 Å². The Kier molecular flexibility index (Phi) is 6.90. The molecule has 31 heavy (non-hydrogen) atoms. The zero-order valence-electron chi connectivity index (χ0n) is 17.2. The van der Waals surface area contributed by atoms with Crippen molar-refractivity contribution in [3.05, 3.63) is 33.4 Å². The van der Waals surface area contributed by atoms with Crippen LogP contribution in [0.25, 0.3) is 0 Å². The van der Waals surface area contributed by atoms with Gasteiger partial charge in [0.1, 0.15) is 0 Å². The molecule has 0 spiro atoms. The second-order valence-electron chi connectivity index (χ2n) is 8.29. The maximum Gasteiger partial charge on any atom is 0.417 e. The molecule has 2 aliphatic rings. The molecule has 0 aliphatic carbocycles. The molecule has 1 aromatic rings. The monoisotopic (exact) mass is 452 g/mol. The molecule has 2 aliphatic heterocycles. The highest BCUT2D eigenvalue weighted by Crippen LogP contribution is 2.48. The van der Waals surface area contributed by atoms with E-state index in [4.69, 9.17) is 10.5 Å². The number of benzene rings is 1. The molecule has 1 aromatic carbocycles. The van der Waals surface area contributed by atoms with Crippen molar-refractivity contribution in [2.24, 2.45) is 11.7 Å². The molecule has 0 bridgehead atoms. The molecule has 0 saturated carbocycles. The molecular formula is C21H26F6N2O2. The van der Waals surface area contributed by atoms with Crippen LogP contribution in [0.1, 0.15) is 69.8 Å². The number of nitrogens with two attached hydrogens (primary N) is 1. The average molecular weight is 452 g/mol. The van der Waals surface area contributed by atoms with Crippen molar-refractivity contribution >= 4 is 5.91 Å². The summed E-state index contributed by atoms with van der Waals surface area (Å²) in [6.45, 7) is 2.45. The smallest absolute Gasteiger partial charge is 0.381 e. The molecule has 0 atom stereocenters. The molecule has 1 amide bonds. The van der Waals surface area contributed by atoms with Crippen LogP contribution in [0.2, 0.25) is 0 Å². The minimum atomic E-state index is -5.15. The van der Waals surface area contributed by atoms with Crippen LogP contribution in [0.15, 0.2) is 0 Å². The Morgan fingerprint density at radius 1 is 1.00 bits per heavy atom. The quantitative estimate of drug-likeness (QED) is 0.658. The molecule has 10 heteroatoms. The summed E-state index contributed by atoms with van der Waals surface area (Å²) in [5.74, 6) is -2.13. The molecule has 174 valence electrons. The summed E-state index contributed by atoms with van der Waals surface area (Å²) in [5, 5.41) is 3.06. The number of piperidine rings is 1. The topological polar surface area (TPSA) is 64.4 Å². The third kappa shape index (κ3) is 5.00. The van der Waals surface area contributed by atoms with Gasteiger partial charge in [0.2, 0.25) is 5.91 Å². The average Bonchev–Trinajstić information content (AvgIpc) is 2.67. The van der Waals surface area contributed by atoms with Crippen LogP contribution in [0.5, 0.6) is 0 Å². The van der Waals surface area contributed by atoms with Gasteiger partial charge >= 0.3 is 12.4 Å². The van der Waals surface area contributed by atoms with Gasteiger partial charge in [0, 0.05) is 13.2 Å². The third-order valence-corrected chi connectivity index (χ3v) is 6.29. The molecule has 2 fully saturated rings. The van der Waals surface area contributed by atoms with Crippen LogP contribution in [-0.4, -0.2) is 32.2 Å². The maximum absolute atomic E-state index is 14.2. The Labute approximate surface area is 176 Å². The highest BCUT2D eigenvalue weighted by atomic mass is 19.4. The predicted octanol–water partition coefficient (Wildman–Crippen LogP) is 4.57. The predicted molar refractivity (Wildman–Crippen MR) is 102 cm³/mol. The summed E-state index contributed by atoms with van der Waals surface area (Å²) >= 11 is 0. The highest BCUT2D eigenvalue weighted by molar-refractivity contribution is 5.97. The second kappa shape index (κ2) is 8.97. The van der Waals surface area contributed by atoms with Gasteiger partial charge in [-0.1, -0.05) is 0 Å². The van der Waals surface area contributed by atoms with E-state index >= 15 is 0 Å². The summed E-state index contributed by atoms with van der Waals surface area (Å²) in [7, 11) is 0. The second-order valence-corrected chi connectivity index (χ2v) is 8.29. The summed E-state index contributed by atoms with van der Waals surface area (Å²) in [6.07, 6.45) is -8.52. The largest absolute Gasteiger partial charge is 0.417 e. The maximum atomic E-state index is 14.2. The number of halogens is 6. The van der Waals surface area contributed by atoms with Crippen molar-refractivity contribution in [3.63, 3.8) is 0 Å². The number of amides is 1. The molecule has 0 unspecified atom stereocenters. The standard InChI is InChI=1S/C21H26F6N2O2/c1-11-17(20(22,23)24)15(13-2-6-29-7-3-13)14(10-12-4-8-31-9-5-12)16(19(28)30)18(11)21(25,26)27/h12-13,29H,2-10H2,1H3,(H2,28,30). The van der Waals surface area contributed by atoms with Crippen molar-refractivity contribution < 1.29 is 35.9 Å². The number of carbonyl (C=O) groups excluding carboxylic acids is 1. The first-order valence-electron chi connectivity index (χ1n) is 10.3. The van der Waals surface area contributed by atoms with E-state index < -0.39 is 46.4 Å². The normalized spacial score (nSPS) is 19.6. The number of carbonyl (C=O) groups is 1. The summed E-state index contributed by atoms with van der Waals surface area (Å²) in [6, 6.07) is 0. The fourth-order valence-corrected chi connectivity index (χ4v) is 4.95. The van der Waals surface area contributed by atoms with Gasteiger partial charge < -0.3 is 15.8 Å². The van der Waals surface area contributed by atoms with Crippen LogP contribution in [-0.2, 0) is 23.5 Å². The number of primary amides is 1. The number of nitrogens with one attached hydrogen (secondary N) is 1. The van der Waals surface area contributed by atoms with E-state index in [9.17, 15) is 31.1 Å². The lowest BCUT2D eigenvalue weighted by Gasteiger charge is -2.34. The van der Waals surface area contributed by atoms with E-state index in [1.54, 1.807) is 0 Å². The van der Waals surface area contributed by atoms with Crippen LogP contribution in [0, 0.1) is 12.8 Å². The Hall–Kier alpha value is -1.81. The van der Waals surface area contributed by atoms with Gasteiger partial charge in [-0.3, -0.25) is 4.79 Å². The van der Waals surface area contributed by atoms with Crippen molar-refractivity contribution in [2.45, 2.75) is 57.3 Å². The van der Waals surface area contributed by atoms with Gasteiger partial charge in [-0.05, 0) is 80.6 Å². The van der Waals surface area contributed by atoms with E-state index in [1.807, 2.05) is 0 Å². The lowest BCUT2D eigenvalue weighted by molar-refractivity contribution is -0.144. The Bertz CT molecular complexity index is 823. The number of alkyl halides is 6. The van der Waals surface area contributed by atoms with Crippen molar-refractivity contribution in [2.75, 3.05) is 26.3 Å². The first kappa shape index (κ1) is 23.8. The van der Waals surface area contributed by atoms with Gasteiger partial charge in [0.05, 0.1) is 16.7 Å².